The van der Waals surface area contributed by atoms with Gasteiger partial charge in [0.2, 0.25) is 0 Å². The van der Waals surface area contributed by atoms with E-state index in [1.165, 1.54) is 13.1 Å². The van der Waals surface area contributed by atoms with E-state index in [-0.39, 0.29) is 5.57 Å². The fourth-order valence-corrected chi connectivity index (χ4v) is 1.67. The number of carbonyl (C=O) groups is 1. The maximum Gasteiger partial charge on any atom is 0.261 e. The minimum Gasteiger partial charge on any atom is -0.493 e. The lowest BCUT2D eigenvalue weighted by atomic mass is 10.1. The molecular formula is C16H20N2O3. The van der Waals surface area contributed by atoms with Crippen molar-refractivity contribution < 1.29 is 14.3 Å². The van der Waals surface area contributed by atoms with Crippen molar-refractivity contribution in [3.63, 3.8) is 0 Å². The van der Waals surface area contributed by atoms with E-state index in [0.717, 1.165) is 12.8 Å². The maximum absolute atomic E-state index is 11.5. The lowest BCUT2D eigenvalue weighted by Crippen LogP contribution is -2.19. The number of nitrogens with one attached hydrogen (secondary N) is 1. The Labute approximate surface area is 125 Å². The second-order valence-electron chi connectivity index (χ2n) is 4.36. The molecule has 0 spiro atoms. The first-order valence-electron chi connectivity index (χ1n) is 6.81. The Morgan fingerprint density at radius 1 is 1.43 bits per heavy atom. The van der Waals surface area contributed by atoms with Gasteiger partial charge in [-0.3, -0.25) is 4.79 Å². The third-order valence-corrected chi connectivity index (χ3v) is 2.85. The number of carbonyl (C=O) groups excluding carboxylic acids is 1. The van der Waals surface area contributed by atoms with Crippen molar-refractivity contribution in [1.82, 2.24) is 5.32 Å². The Morgan fingerprint density at radius 2 is 2.19 bits per heavy atom. The third-order valence-electron chi connectivity index (χ3n) is 2.85. The molecule has 1 aromatic rings. The monoisotopic (exact) mass is 288 g/mol. The molecule has 0 aliphatic carbocycles. The smallest absolute Gasteiger partial charge is 0.261 e. The van der Waals surface area contributed by atoms with Gasteiger partial charge in [-0.25, -0.2) is 0 Å². The van der Waals surface area contributed by atoms with Crippen LogP contribution in [0.4, 0.5) is 0 Å². The fourth-order valence-electron chi connectivity index (χ4n) is 1.67. The predicted molar refractivity (Wildman–Crippen MR) is 81.1 cm³/mol. The molecule has 0 saturated carbocycles. The van der Waals surface area contributed by atoms with E-state index in [0.29, 0.717) is 23.7 Å². The van der Waals surface area contributed by atoms with Crippen molar-refractivity contribution in [3.05, 3.63) is 29.3 Å². The molecule has 0 aliphatic rings. The summed E-state index contributed by atoms with van der Waals surface area (Å²) < 4.78 is 10.9. The fraction of sp³-hybridized carbons (Fsp3) is 0.375. The van der Waals surface area contributed by atoms with Crippen molar-refractivity contribution in [2.45, 2.75) is 19.8 Å². The van der Waals surface area contributed by atoms with E-state index in [1.807, 2.05) is 6.07 Å². The molecule has 1 rings (SSSR count). The zero-order valence-electron chi connectivity index (χ0n) is 12.6. The van der Waals surface area contributed by atoms with Gasteiger partial charge in [-0.2, -0.15) is 5.26 Å². The SMILES string of the molecule is CCCCOc1ccc(/C=C(\C#N)C(=O)NC)cc1OC. The number of amides is 1. The van der Waals surface area contributed by atoms with Crippen molar-refractivity contribution in [2.24, 2.45) is 0 Å². The number of unbranched alkanes of at least 4 members (excludes halogenated alkanes) is 1. The van der Waals surface area contributed by atoms with E-state index in [1.54, 1.807) is 25.3 Å². The molecule has 112 valence electrons. The number of ether oxygens (including phenoxy) is 2. The Balaban J connectivity index is 2.99. The number of methoxy groups -OCH3 is 1. The quantitative estimate of drug-likeness (QED) is 0.475. The molecule has 0 aromatic heterocycles. The lowest BCUT2D eigenvalue weighted by molar-refractivity contribution is -0.116. The zero-order chi connectivity index (χ0) is 15.7. The van der Waals surface area contributed by atoms with Gasteiger partial charge in [-0.1, -0.05) is 19.4 Å². The van der Waals surface area contributed by atoms with E-state index < -0.39 is 5.91 Å². The van der Waals surface area contributed by atoms with Crippen LogP contribution in [0.5, 0.6) is 11.5 Å². The van der Waals surface area contributed by atoms with Gasteiger partial charge < -0.3 is 14.8 Å². The van der Waals surface area contributed by atoms with Crippen LogP contribution in [0.25, 0.3) is 6.08 Å². The molecule has 21 heavy (non-hydrogen) atoms. The highest BCUT2D eigenvalue weighted by Crippen LogP contribution is 2.29. The predicted octanol–water partition coefficient (Wildman–Crippen LogP) is 2.53. The molecule has 0 saturated heterocycles. The molecule has 1 N–H and O–H groups in total. The van der Waals surface area contributed by atoms with Crippen molar-refractivity contribution in [3.8, 4) is 17.6 Å². The van der Waals surface area contributed by atoms with Crippen LogP contribution in [0.3, 0.4) is 0 Å². The van der Waals surface area contributed by atoms with Crippen LogP contribution in [0, 0.1) is 11.3 Å². The topological polar surface area (TPSA) is 71.3 Å². The summed E-state index contributed by atoms with van der Waals surface area (Å²) in [4.78, 5) is 11.5. The highest BCUT2D eigenvalue weighted by atomic mass is 16.5. The molecule has 1 aromatic carbocycles. The first kappa shape index (κ1) is 16.6. The normalized spacial score (nSPS) is 10.7. The Hall–Kier alpha value is -2.48. The average Bonchev–Trinajstić information content (AvgIpc) is 2.52. The highest BCUT2D eigenvalue weighted by molar-refractivity contribution is 6.01. The van der Waals surface area contributed by atoms with Gasteiger partial charge in [0.05, 0.1) is 13.7 Å². The van der Waals surface area contributed by atoms with E-state index >= 15 is 0 Å². The van der Waals surface area contributed by atoms with Gasteiger partial charge in [0, 0.05) is 7.05 Å². The van der Waals surface area contributed by atoms with Gasteiger partial charge in [0.1, 0.15) is 11.6 Å². The lowest BCUT2D eigenvalue weighted by Gasteiger charge is -2.11. The van der Waals surface area contributed by atoms with E-state index in [2.05, 4.69) is 12.2 Å². The molecule has 0 unspecified atom stereocenters. The van der Waals surface area contributed by atoms with Gasteiger partial charge in [-0.15, -0.1) is 0 Å². The number of benzene rings is 1. The second kappa shape index (κ2) is 8.64. The summed E-state index contributed by atoms with van der Waals surface area (Å²) in [5, 5.41) is 11.4. The van der Waals surface area contributed by atoms with Crippen molar-refractivity contribution in [2.75, 3.05) is 20.8 Å². The molecule has 0 atom stereocenters. The molecule has 0 radical (unpaired) electrons. The van der Waals surface area contributed by atoms with Crippen LogP contribution >= 0.6 is 0 Å². The number of likely N-dealkylation sites (N-methyl/N-ethyl adjacent to an activating group) is 1. The Bertz CT molecular complexity index is 559. The van der Waals surface area contributed by atoms with Gasteiger partial charge in [-0.05, 0) is 30.2 Å². The van der Waals surface area contributed by atoms with Crippen LogP contribution in [-0.2, 0) is 4.79 Å². The summed E-state index contributed by atoms with van der Waals surface area (Å²) >= 11 is 0. The minimum atomic E-state index is -0.417. The number of rotatable bonds is 7. The van der Waals surface area contributed by atoms with Crippen LogP contribution in [-0.4, -0.2) is 26.7 Å². The van der Waals surface area contributed by atoms with Crippen LogP contribution < -0.4 is 14.8 Å². The second-order valence-corrected chi connectivity index (χ2v) is 4.36. The summed E-state index contributed by atoms with van der Waals surface area (Å²) in [5.74, 6) is 0.815. The van der Waals surface area contributed by atoms with Crippen LogP contribution in [0.2, 0.25) is 0 Å². The van der Waals surface area contributed by atoms with E-state index in [9.17, 15) is 4.79 Å². The molecule has 5 heteroatoms. The molecule has 0 heterocycles. The van der Waals surface area contributed by atoms with Crippen molar-refractivity contribution in [1.29, 1.82) is 5.26 Å². The van der Waals surface area contributed by atoms with Crippen LogP contribution in [0.15, 0.2) is 23.8 Å². The Kier molecular flexibility index (Phi) is 6.82. The zero-order valence-corrected chi connectivity index (χ0v) is 12.6. The summed E-state index contributed by atoms with van der Waals surface area (Å²) in [6.07, 6.45) is 3.54. The maximum atomic E-state index is 11.5. The van der Waals surface area contributed by atoms with Gasteiger partial charge in [0.15, 0.2) is 11.5 Å². The minimum absolute atomic E-state index is 0.0409. The summed E-state index contributed by atoms with van der Waals surface area (Å²) in [7, 11) is 3.04. The Morgan fingerprint density at radius 3 is 2.76 bits per heavy atom. The molecule has 0 fully saturated rings. The molecule has 5 nitrogen and oxygen atoms in total. The van der Waals surface area contributed by atoms with Crippen molar-refractivity contribution >= 4 is 12.0 Å². The van der Waals surface area contributed by atoms with Crippen LogP contribution in [0.1, 0.15) is 25.3 Å². The standard InChI is InChI=1S/C16H20N2O3/c1-4-5-8-21-14-7-6-12(10-15(14)20-3)9-13(11-17)16(19)18-2/h6-7,9-10H,4-5,8H2,1-3H3,(H,18,19)/b13-9+. The average molecular weight is 288 g/mol. The molecular weight excluding hydrogens is 268 g/mol. The number of hydrogen-bond donors (Lipinski definition) is 1. The van der Waals surface area contributed by atoms with Gasteiger partial charge in [0.25, 0.3) is 5.91 Å². The summed E-state index contributed by atoms with van der Waals surface area (Å²) in [6.45, 7) is 2.72. The van der Waals surface area contributed by atoms with Gasteiger partial charge >= 0.3 is 0 Å². The first-order valence-corrected chi connectivity index (χ1v) is 6.81. The third kappa shape index (κ3) is 4.84. The first-order chi connectivity index (χ1) is 10.2. The molecule has 0 bridgehead atoms. The summed E-state index contributed by atoms with van der Waals surface area (Å²) in [5.41, 5.74) is 0.744. The largest absolute Gasteiger partial charge is 0.493 e. The number of nitrogens with zero attached hydrogens (tertiary/aromatic N) is 1. The molecule has 1 amide bonds. The number of hydrogen-bond acceptors (Lipinski definition) is 4. The summed E-state index contributed by atoms with van der Waals surface area (Å²) in [6, 6.07) is 7.17. The highest BCUT2D eigenvalue weighted by Gasteiger charge is 2.09. The number of nitriles is 1. The van der Waals surface area contributed by atoms with E-state index in [4.69, 9.17) is 14.7 Å². The molecule has 0 aliphatic heterocycles.